The summed E-state index contributed by atoms with van der Waals surface area (Å²) in [4.78, 5) is 14.2. The number of halogens is 1. The second-order valence-electron chi connectivity index (χ2n) is 8.13. The van der Waals surface area contributed by atoms with Gasteiger partial charge in [-0.1, -0.05) is 56.0 Å². The quantitative estimate of drug-likeness (QED) is 0.733. The van der Waals surface area contributed by atoms with Crippen LogP contribution in [0.5, 0.6) is 0 Å². The summed E-state index contributed by atoms with van der Waals surface area (Å²) in [6.45, 7) is 9.02. The zero-order chi connectivity index (χ0) is 17.9. The minimum absolute atomic E-state index is 0.00982. The molecule has 0 spiro atoms. The molecule has 0 radical (unpaired) electrons. The van der Waals surface area contributed by atoms with E-state index in [1.807, 2.05) is 0 Å². The van der Waals surface area contributed by atoms with Crippen molar-refractivity contribution in [2.75, 3.05) is 12.4 Å². The average Bonchev–Trinajstić information content (AvgIpc) is 2.49. The first-order valence-electron chi connectivity index (χ1n) is 8.99. The average molecular weight is 395 g/mol. The number of carbonyl (C=O) groups is 1. The van der Waals surface area contributed by atoms with Gasteiger partial charge in [-0.2, -0.15) is 0 Å². The molecule has 134 valence electrons. The van der Waals surface area contributed by atoms with Crippen LogP contribution < -0.4 is 5.32 Å². The van der Waals surface area contributed by atoms with Crippen LogP contribution in [0.1, 0.15) is 70.9 Å². The molecule has 0 saturated heterocycles. The Labute approximate surface area is 155 Å². The molecular weight excluding hydrogens is 364 g/mol. The molecule has 4 heteroatoms. The van der Waals surface area contributed by atoms with Crippen LogP contribution in [-0.4, -0.2) is 23.9 Å². The van der Waals surface area contributed by atoms with Crippen molar-refractivity contribution in [2.24, 2.45) is 0 Å². The predicted octanol–water partition coefficient (Wildman–Crippen LogP) is 5.47. The van der Waals surface area contributed by atoms with Crippen LogP contribution in [0.2, 0.25) is 0 Å². The topological polar surface area (TPSA) is 32.3 Å². The van der Waals surface area contributed by atoms with Gasteiger partial charge in [0.15, 0.2) is 0 Å². The molecule has 1 amide bonds. The molecule has 24 heavy (non-hydrogen) atoms. The summed E-state index contributed by atoms with van der Waals surface area (Å²) in [5.41, 5.74) is 3.33. The van der Waals surface area contributed by atoms with E-state index in [1.165, 1.54) is 43.2 Å². The number of carbonyl (C=O) groups excluding carboxylic acids is 1. The van der Waals surface area contributed by atoms with Crippen molar-refractivity contribution < 1.29 is 4.79 Å². The van der Waals surface area contributed by atoms with Crippen molar-refractivity contribution in [1.82, 2.24) is 4.90 Å². The van der Waals surface area contributed by atoms with Gasteiger partial charge in [0, 0.05) is 29.7 Å². The van der Waals surface area contributed by atoms with E-state index < -0.39 is 0 Å². The highest BCUT2D eigenvalue weighted by molar-refractivity contribution is 9.10. The summed E-state index contributed by atoms with van der Waals surface area (Å²) in [6.07, 6.45) is 6.60. The number of amides is 1. The SMILES string of the molecule is CC(=O)Nc1c(CN(C)C2CCCCC2)cc(Br)cc1C(C)(C)C. The lowest BCUT2D eigenvalue weighted by Crippen LogP contribution is -2.33. The van der Waals surface area contributed by atoms with E-state index in [-0.39, 0.29) is 11.3 Å². The third-order valence-electron chi connectivity index (χ3n) is 4.91. The number of hydrogen-bond acceptors (Lipinski definition) is 2. The maximum Gasteiger partial charge on any atom is 0.221 e. The first-order chi connectivity index (χ1) is 11.2. The highest BCUT2D eigenvalue weighted by Gasteiger charge is 2.24. The number of anilines is 1. The number of hydrogen-bond donors (Lipinski definition) is 1. The molecule has 3 nitrogen and oxygen atoms in total. The van der Waals surface area contributed by atoms with Crippen LogP contribution in [0.15, 0.2) is 16.6 Å². The molecule has 1 aliphatic carbocycles. The van der Waals surface area contributed by atoms with Crippen LogP contribution >= 0.6 is 15.9 Å². The van der Waals surface area contributed by atoms with E-state index in [0.717, 1.165) is 16.7 Å². The van der Waals surface area contributed by atoms with Gasteiger partial charge >= 0.3 is 0 Å². The second-order valence-corrected chi connectivity index (χ2v) is 9.04. The number of nitrogens with zero attached hydrogens (tertiary/aromatic N) is 1. The number of nitrogens with one attached hydrogen (secondary N) is 1. The summed E-state index contributed by atoms with van der Waals surface area (Å²) in [5, 5.41) is 3.10. The largest absolute Gasteiger partial charge is 0.326 e. The number of benzene rings is 1. The van der Waals surface area contributed by atoms with E-state index in [2.05, 4.69) is 66.1 Å². The standard InChI is InChI=1S/C20H31BrN2O/c1-14(24)22-19-15(11-16(21)12-18(19)20(2,3)4)13-23(5)17-9-7-6-8-10-17/h11-12,17H,6-10,13H2,1-5H3,(H,22,24). The van der Waals surface area contributed by atoms with Gasteiger partial charge in [0.2, 0.25) is 5.91 Å². The van der Waals surface area contributed by atoms with Crippen molar-refractivity contribution in [1.29, 1.82) is 0 Å². The monoisotopic (exact) mass is 394 g/mol. The van der Waals surface area contributed by atoms with Gasteiger partial charge < -0.3 is 5.32 Å². The molecule has 0 heterocycles. The minimum atomic E-state index is -0.0281. The molecule has 1 aliphatic rings. The molecule has 1 fully saturated rings. The molecule has 0 bridgehead atoms. The Hall–Kier alpha value is -0.870. The Morgan fingerprint density at radius 3 is 2.42 bits per heavy atom. The van der Waals surface area contributed by atoms with E-state index >= 15 is 0 Å². The van der Waals surface area contributed by atoms with Crippen molar-refractivity contribution >= 4 is 27.5 Å². The van der Waals surface area contributed by atoms with E-state index in [0.29, 0.717) is 6.04 Å². The Balaban J connectivity index is 2.36. The molecule has 2 rings (SSSR count). The molecule has 0 aromatic heterocycles. The van der Waals surface area contributed by atoms with Gasteiger partial charge in [-0.25, -0.2) is 0 Å². The van der Waals surface area contributed by atoms with E-state index in [4.69, 9.17) is 0 Å². The first-order valence-corrected chi connectivity index (χ1v) is 9.78. The summed E-state index contributed by atoms with van der Waals surface area (Å²) in [5.74, 6) is -0.00982. The lowest BCUT2D eigenvalue weighted by atomic mass is 9.84. The smallest absolute Gasteiger partial charge is 0.221 e. The molecule has 0 aliphatic heterocycles. The van der Waals surface area contributed by atoms with Gasteiger partial charge in [0.05, 0.1) is 0 Å². The van der Waals surface area contributed by atoms with Crippen LogP contribution in [-0.2, 0) is 16.8 Å². The lowest BCUT2D eigenvalue weighted by Gasteiger charge is -2.33. The van der Waals surface area contributed by atoms with Gasteiger partial charge in [0.1, 0.15) is 0 Å². The summed E-state index contributed by atoms with van der Waals surface area (Å²) >= 11 is 3.66. The van der Waals surface area contributed by atoms with Gasteiger partial charge in [0.25, 0.3) is 0 Å². The zero-order valence-electron chi connectivity index (χ0n) is 15.7. The van der Waals surface area contributed by atoms with Gasteiger partial charge in [-0.15, -0.1) is 0 Å². The first kappa shape index (κ1) is 19.5. The third kappa shape index (κ3) is 5.06. The number of rotatable bonds is 4. The van der Waals surface area contributed by atoms with Crippen LogP contribution in [0.25, 0.3) is 0 Å². The maximum absolute atomic E-state index is 11.8. The third-order valence-corrected chi connectivity index (χ3v) is 5.37. The molecule has 1 saturated carbocycles. The fraction of sp³-hybridized carbons (Fsp3) is 0.650. The van der Waals surface area contributed by atoms with Gasteiger partial charge in [-0.3, -0.25) is 9.69 Å². The Kier molecular flexibility index (Phi) is 6.49. The van der Waals surface area contributed by atoms with Gasteiger partial charge in [-0.05, 0) is 48.6 Å². The summed E-state index contributed by atoms with van der Waals surface area (Å²) in [7, 11) is 2.21. The predicted molar refractivity (Wildman–Crippen MR) is 105 cm³/mol. The fourth-order valence-corrected chi connectivity index (χ4v) is 4.13. The molecule has 1 N–H and O–H groups in total. The summed E-state index contributed by atoms with van der Waals surface area (Å²) < 4.78 is 1.08. The highest BCUT2D eigenvalue weighted by atomic mass is 79.9. The van der Waals surface area contributed by atoms with Crippen molar-refractivity contribution in [3.8, 4) is 0 Å². The molecule has 0 atom stereocenters. The Morgan fingerprint density at radius 1 is 1.25 bits per heavy atom. The van der Waals surface area contributed by atoms with Crippen molar-refractivity contribution in [3.63, 3.8) is 0 Å². The fourth-order valence-electron chi connectivity index (χ4n) is 3.62. The molecule has 1 aromatic rings. The highest BCUT2D eigenvalue weighted by Crippen LogP contribution is 2.36. The van der Waals surface area contributed by atoms with E-state index in [9.17, 15) is 4.79 Å². The Bertz CT molecular complexity index is 586. The van der Waals surface area contributed by atoms with Crippen molar-refractivity contribution in [2.45, 2.75) is 77.8 Å². The lowest BCUT2D eigenvalue weighted by molar-refractivity contribution is -0.114. The molecule has 0 unspecified atom stereocenters. The second kappa shape index (κ2) is 8.01. The van der Waals surface area contributed by atoms with E-state index in [1.54, 1.807) is 6.92 Å². The Morgan fingerprint density at radius 2 is 1.88 bits per heavy atom. The zero-order valence-corrected chi connectivity index (χ0v) is 17.3. The van der Waals surface area contributed by atoms with Crippen LogP contribution in [0.3, 0.4) is 0 Å². The molecular formula is C20H31BrN2O. The van der Waals surface area contributed by atoms with Crippen molar-refractivity contribution in [3.05, 3.63) is 27.7 Å². The normalized spacial score (nSPS) is 16.5. The maximum atomic E-state index is 11.8. The summed E-state index contributed by atoms with van der Waals surface area (Å²) in [6, 6.07) is 4.94. The van der Waals surface area contributed by atoms with Crippen LogP contribution in [0, 0.1) is 0 Å². The minimum Gasteiger partial charge on any atom is -0.326 e. The molecule has 1 aromatic carbocycles. The van der Waals surface area contributed by atoms with Crippen LogP contribution in [0.4, 0.5) is 5.69 Å².